The van der Waals surface area contributed by atoms with Crippen LogP contribution in [0.2, 0.25) is 0 Å². The van der Waals surface area contributed by atoms with Crippen LogP contribution in [0.25, 0.3) is 0 Å². The zero-order valence-electron chi connectivity index (χ0n) is 9.71. The van der Waals surface area contributed by atoms with E-state index in [1.165, 1.54) is 12.8 Å². The number of hydrogen-bond donors (Lipinski definition) is 2. The standard InChI is InChI=1S/C11H24N2O/c1-11(9-14,12-10-5-6-10)7-4-8-13(2)3/h10,12,14H,4-9H2,1-3H3. The highest BCUT2D eigenvalue weighted by Gasteiger charge is 2.31. The van der Waals surface area contributed by atoms with Crippen molar-refractivity contribution in [1.82, 2.24) is 10.2 Å². The first-order valence-electron chi connectivity index (χ1n) is 5.59. The van der Waals surface area contributed by atoms with Crippen LogP contribution in [0, 0.1) is 0 Å². The molecule has 14 heavy (non-hydrogen) atoms. The van der Waals surface area contributed by atoms with Crippen molar-refractivity contribution in [2.45, 2.75) is 44.2 Å². The molecule has 1 aliphatic rings. The summed E-state index contributed by atoms with van der Waals surface area (Å²) >= 11 is 0. The topological polar surface area (TPSA) is 35.5 Å². The van der Waals surface area contributed by atoms with Crippen LogP contribution in [0.5, 0.6) is 0 Å². The highest BCUT2D eigenvalue weighted by molar-refractivity contribution is 4.92. The quantitative estimate of drug-likeness (QED) is 0.639. The van der Waals surface area contributed by atoms with Gasteiger partial charge in [0.15, 0.2) is 0 Å². The maximum absolute atomic E-state index is 9.35. The largest absolute Gasteiger partial charge is 0.394 e. The molecule has 0 saturated heterocycles. The van der Waals surface area contributed by atoms with Gasteiger partial charge in [0.05, 0.1) is 6.61 Å². The van der Waals surface area contributed by atoms with Gasteiger partial charge < -0.3 is 15.3 Å². The number of hydrogen-bond acceptors (Lipinski definition) is 3. The lowest BCUT2D eigenvalue weighted by Gasteiger charge is -2.29. The van der Waals surface area contributed by atoms with E-state index >= 15 is 0 Å². The van der Waals surface area contributed by atoms with E-state index < -0.39 is 0 Å². The van der Waals surface area contributed by atoms with E-state index in [4.69, 9.17) is 0 Å². The zero-order chi connectivity index (χ0) is 10.6. The predicted molar refractivity (Wildman–Crippen MR) is 59.4 cm³/mol. The van der Waals surface area contributed by atoms with Crippen molar-refractivity contribution < 1.29 is 5.11 Å². The van der Waals surface area contributed by atoms with E-state index in [1.54, 1.807) is 0 Å². The molecule has 1 atom stereocenters. The third kappa shape index (κ3) is 4.40. The molecule has 84 valence electrons. The van der Waals surface area contributed by atoms with Crippen molar-refractivity contribution in [2.24, 2.45) is 0 Å². The Bertz CT molecular complexity index is 169. The second kappa shape index (κ2) is 5.10. The van der Waals surface area contributed by atoms with Crippen LogP contribution in [-0.4, -0.2) is 48.8 Å². The molecule has 0 aromatic heterocycles. The van der Waals surface area contributed by atoms with Crippen LogP contribution >= 0.6 is 0 Å². The molecule has 1 fully saturated rings. The molecule has 3 heteroatoms. The van der Waals surface area contributed by atoms with Crippen molar-refractivity contribution in [2.75, 3.05) is 27.2 Å². The van der Waals surface area contributed by atoms with Crippen LogP contribution in [0.3, 0.4) is 0 Å². The van der Waals surface area contributed by atoms with Gasteiger partial charge in [-0.1, -0.05) is 0 Å². The summed E-state index contributed by atoms with van der Waals surface area (Å²) in [4.78, 5) is 2.19. The van der Waals surface area contributed by atoms with Gasteiger partial charge in [-0.25, -0.2) is 0 Å². The molecule has 0 amide bonds. The smallest absolute Gasteiger partial charge is 0.0610 e. The monoisotopic (exact) mass is 200 g/mol. The van der Waals surface area contributed by atoms with Crippen LogP contribution in [0.4, 0.5) is 0 Å². The first-order valence-corrected chi connectivity index (χ1v) is 5.59. The van der Waals surface area contributed by atoms with Crippen molar-refractivity contribution in [3.8, 4) is 0 Å². The van der Waals surface area contributed by atoms with E-state index in [0.29, 0.717) is 6.04 Å². The highest BCUT2D eigenvalue weighted by Crippen LogP contribution is 2.24. The summed E-state index contributed by atoms with van der Waals surface area (Å²) in [5, 5.41) is 12.9. The van der Waals surface area contributed by atoms with E-state index in [9.17, 15) is 5.11 Å². The molecule has 3 nitrogen and oxygen atoms in total. The lowest BCUT2D eigenvalue weighted by atomic mass is 9.96. The third-order valence-corrected chi connectivity index (χ3v) is 2.81. The number of rotatable bonds is 7. The Morgan fingerprint density at radius 1 is 1.43 bits per heavy atom. The number of aliphatic hydroxyl groups excluding tert-OH is 1. The van der Waals surface area contributed by atoms with Crippen LogP contribution < -0.4 is 5.32 Å². The summed E-state index contributed by atoms with van der Waals surface area (Å²) in [6, 6.07) is 0.673. The molecule has 1 unspecified atom stereocenters. The second-order valence-electron chi connectivity index (χ2n) is 5.04. The summed E-state index contributed by atoms with van der Waals surface area (Å²) in [5.41, 5.74) is -0.0584. The molecule has 2 N–H and O–H groups in total. The Hall–Kier alpha value is -0.120. The van der Waals surface area contributed by atoms with Crippen LogP contribution in [-0.2, 0) is 0 Å². The Morgan fingerprint density at radius 3 is 2.50 bits per heavy atom. The van der Waals surface area contributed by atoms with E-state index in [-0.39, 0.29) is 12.1 Å². The fourth-order valence-corrected chi connectivity index (χ4v) is 1.70. The highest BCUT2D eigenvalue weighted by atomic mass is 16.3. The Labute approximate surface area is 87.5 Å². The molecule has 1 aliphatic carbocycles. The fraction of sp³-hybridized carbons (Fsp3) is 1.00. The van der Waals surface area contributed by atoms with Gasteiger partial charge in [0, 0.05) is 11.6 Å². The normalized spacial score (nSPS) is 21.2. The summed E-state index contributed by atoms with van der Waals surface area (Å²) in [6.07, 6.45) is 4.76. The molecular formula is C11H24N2O. The number of aliphatic hydroxyl groups is 1. The van der Waals surface area contributed by atoms with Crippen molar-refractivity contribution in [3.63, 3.8) is 0 Å². The van der Waals surface area contributed by atoms with E-state index in [1.807, 2.05) is 0 Å². The van der Waals surface area contributed by atoms with E-state index in [2.05, 4.69) is 31.2 Å². The summed E-state index contributed by atoms with van der Waals surface area (Å²) in [5.74, 6) is 0. The third-order valence-electron chi connectivity index (χ3n) is 2.81. The van der Waals surface area contributed by atoms with Crippen molar-refractivity contribution in [3.05, 3.63) is 0 Å². The molecule has 1 rings (SSSR count). The van der Waals surface area contributed by atoms with Gasteiger partial charge in [0.1, 0.15) is 0 Å². The Kier molecular flexibility index (Phi) is 4.35. The van der Waals surface area contributed by atoms with Gasteiger partial charge in [-0.3, -0.25) is 0 Å². The van der Waals surface area contributed by atoms with Crippen molar-refractivity contribution >= 4 is 0 Å². The minimum absolute atomic E-state index is 0.0584. The van der Waals surface area contributed by atoms with Gasteiger partial charge in [-0.15, -0.1) is 0 Å². The Balaban J connectivity index is 2.20. The molecule has 0 spiro atoms. The molecule has 0 heterocycles. The van der Waals surface area contributed by atoms with E-state index in [0.717, 1.165) is 19.4 Å². The van der Waals surface area contributed by atoms with Crippen molar-refractivity contribution in [1.29, 1.82) is 0 Å². The minimum Gasteiger partial charge on any atom is -0.394 e. The van der Waals surface area contributed by atoms with Crippen LogP contribution in [0.15, 0.2) is 0 Å². The molecule has 0 aromatic rings. The maximum Gasteiger partial charge on any atom is 0.0610 e. The lowest BCUT2D eigenvalue weighted by molar-refractivity contribution is 0.158. The molecule has 1 saturated carbocycles. The molecule has 0 aromatic carbocycles. The lowest BCUT2D eigenvalue weighted by Crippen LogP contribution is -2.47. The molecule has 0 radical (unpaired) electrons. The molecule has 0 aliphatic heterocycles. The second-order valence-corrected chi connectivity index (χ2v) is 5.04. The average molecular weight is 200 g/mol. The van der Waals surface area contributed by atoms with Gasteiger partial charge in [-0.2, -0.15) is 0 Å². The summed E-state index contributed by atoms with van der Waals surface area (Å²) in [6.45, 7) is 3.47. The summed E-state index contributed by atoms with van der Waals surface area (Å²) in [7, 11) is 4.18. The molecule has 0 bridgehead atoms. The minimum atomic E-state index is -0.0584. The van der Waals surface area contributed by atoms with Gasteiger partial charge in [-0.05, 0) is 53.2 Å². The average Bonchev–Trinajstić information content (AvgIpc) is 2.87. The zero-order valence-corrected chi connectivity index (χ0v) is 9.71. The fourth-order valence-electron chi connectivity index (χ4n) is 1.70. The SMILES string of the molecule is CN(C)CCCC(C)(CO)NC1CC1. The van der Waals surface area contributed by atoms with Gasteiger partial charge in [0.2, 0.25) is 0 Å². The predicted octanol–water partition coefficient (Wildman–Crippen LogP) is 0.831. The summed E-state index contributed by atoms with van der Waals surface area (Å²) < 4.78 is 0. The van der Waals surface area contributed by atoms with Gasteiger partial charge in [0.25, 0.3) is 0 Å². The number of nitrogens with one attached hydrogen (secondary N) is 1. The Morgan fingerprint density at radius 2 is 2.07 bits per heavy atom. The first-order chi connectivity index (χ1) is 6.56. The molecular weight excluding hydrogens is 176 g/mol. The number of nitrogens with zero attached hydrogens (tertiary/aromatic N) is 1. The van der Waals surface area contributed by atoms with Gasteiger partial charge >= 0.3 is 0 Å². The first kappa shape index (κ1) is 12.0. The maximum atomic E-state index is 9.35. The van der Waals surface area contributed by atoms with Crippen LogP contribution in [0.1, 0.15) is 32.6 Å².